The highest BCUT2D eigenvalue weighted by Gasteiger charge is 2.37. The lowest BCUT2D eigenvalue weighted by Crippen LogP contribution is -2.54. The van der Waals surface area contributed by atoms with Gasteiger partial charge in [-0.1, -0.05) is 6.07 Å². The van der Waals surface area contributed by atoms with Gasteiger partial charge in [-0.15, -0.1) is 0 Å². The molecule has 0 unspecified atom stereocenters. The van der Waals surface area contributed by atoms with Crippen LogP contribution in [0.4, 0.5) is 16.2 Å². The van der Waals surface area contributed by atoms with E-state index in [2.05, 4.69) is 5.32 Å². The lowest BCUT2D eigenvalue weighted by molar-refractivity contribution is -0.384. The molecule has 0 aliphatic carbocycles. The van der Waals surface area contributed by atoms with Gasteiger partial charge in [-0.2, -0.15) is 0 Å². The third kappa shape index (κ3) is 3.99. The highest BCUT2D eigenvalue weighted by Crippen LogP contribution is 2.27. The third-order valence-electron chi connectivity index (χ3n) is 5.66. The van der Waals surface area contributed by atoms with Crippen LogP contribution in [0.15, 0.2) is 54.1 Å². The van der Waals surface area contributed by atoms with E-state index in [-0.39, 0.29) is 11.3 Å². The van der Waals surface area contributed by atoms with Crippen LogP contribution in [0.3, 0.4) is 0 Å². The second-order valence-electron chi connectivity index (χ2n) is 8.24. The molecule has 3 aromatic rings. The molecule has 172 valence electrons. The fourth-order valence-corrected chi connectivity index (χ4v) is 4.18. The van der Waals surface area contributed by atoms with Crippen LogP contribution in [-0.4, -0.2) is 27.3 Å². The maximum Gasteiger partial charge on any atom is 0.335 e. The van der Waals surface area contributed by atoms with E-state index < -0.39 is 22.8 Å². The van der Waals surface area contributed by atoms with E-state index >= 15 is 0 Å². The van der Waals surface area contributed by atoms with Crippen molar-refractivity contribution < 1.29 is 19.3 Å². The van der Waals surface area contributed by atoms with E-state index in [1.165, 1.54) is 18.2 Å². The monoisotopic (exact) mass is 458 g/mol. The molecule has 9 nitrogen and oxygen atoms in total. The van der Waals surface area contributed by atoms with E-state index in [1.807, 2.05) is 44.4 Å². The predicted molar refractivity (Wildman–Crippen MR) is 127 cm³/mol. The molecule has 9 heteroatoms. The zero-order valence-corrected chi connectivity index (χ0v) is 19.1. The molecule has 0 spiro atoms. The van der Waals surface area contributed by atoms with Crippen molar-refractivity contribution in [3.05, 3.63) is 92.3 Å². The summed E-state index contributed by atoms with van der Waals surface area (Å²) >= 11 is 0. The van der Waals surface area contributed by atoms with Crippen molar-refractivity contribution in [1.29, 1.82) is 0 Å². The molecule has 1 aliphatic rings. The van der Waals surface area contributed by atoms with Crippen molar-refractivity contribution in [1.82, 2.24) is 9.88 Å². The van der Waals surface area contributed by atoms with Crippen LogP contribution in [0.1, 0.15) is 28.1 Å². The molecule has 1 fully saturated rings. The maximum atomic E-state index is 13.3. The number of aryl methyl sites for hydroxylation is 3. The van der Waals surface area contributed by atoms with Gasteiger partial charge in [0.15, 0.2) is 0 Å². The number of nitrogens with zero attached hydrogens (tertiary/aromatic N) is 3. The van der Waals surface area contributed by atoms with E-state index in [0.717, 1.165) is 27.4 Å². The second-order valence-corrected chi connectivity index (χ2v) is 8.24. The summed E-state index contributed by atoms with van der Waals surface area (Å²) in [7, 11) is 0. The fraction of sp³-hybridized carbons (Fsp3) is 0.160. The lowest BCUT2D eigenvalue weighted by Gasteiger charge is -2.27. The molecule has 1 saturated heterocycles. The summed E-state index contributed by atoms with van der Waals surface area (Å²) in [5, 5.41) is 13.2. The van der Waals surface area contributed by atoms with E-state index in [4.69, 9.17) is 0 Å². The summed E-state index contributed by atoms with van der Waals surface area (Å²) < 4.78 is 1.87. The Kier molecular flexibility index (Phi) is 5.62. The molecular weight excluding hydrogens is 436 g/mol. The number of rotatable bonds is 4. The average Bonchev–Trinajstić information content (AvgIpc) is 3.03. The molecule has 1 aliphatic heterocycles. The minimum atomic E-state index is -0.798. The molecule has 0 radical (unpaired) electrons. The van der Waals surface area contributed by atoms with Crippen molar-refractivity contribution in [2.75, 3.05) is 4.90 Å². The first kappa shape index (κ1) is 22.7. The van der Waals surface area contributed by atoms with Crippen LogP contribution < -0.4 is 10.2 Å². The lowest BCUT2D eigenvalue weighted by atomic mass is 10.1. The minimum absolute atomic E-state index is 0.0193. The predicted octanol–water partition coefficient (Wildman–Crippen LogP) is 4.29. The molecule has 2 aromatic carbocycles. The number of nitrogens with one attached hydrogen (secondary N) is 1. The molecule has 0 saturated carbocycles. The van der Waals surface area contributed by atoms with Crippen LogP contribution in [0, 0.1) is 37.8 Å². The zero-order valence-electron chi connectivity index (χ0n) is 19.1. The number of nitro benzene ring substituents is 1. The summed E-state index contributed by atoms with van der Waals surface area (Å²) in [5.74, 6) is -1.48. The number of aromatic nitrogens is 1. The Balaban J connectivity index is 1.75. The Morgan fingerprint density at radius 3 is 2.09 bits per heavy atom. The SMILES string of the molecule is Cc1cc(C)cc(N2C(=O)NC(=O)/C(=C/c3cc(C)n(-c4ccc([N+](=O)[O-])cc4)c3C)C2=O)c1. The number of carbonyl (C=O) groups is 3. The number of hydrogen-bond donors (Lipinski definition) is 1. The van der Waals surface area contributed by atoms with E-state index in [0.29, 0.717) is 16.9 Å². The Morgan fingerprint density at radius 1 is 0.882 bits per heavy atom. The number of benzene rings is 2. The van der Waals surface area contributed by atoms with Gasteiger partial charge in [0.2, 0.25) is 0 Å². The van der Waals surface area contributed by atoms with E-state index in [9.17, 15) is 24.5 Å². The Morgan fingerprint density at radius 2 is 1.50 bits per heavy atom. The third-order valence-corrected chi connectivity index (χ3v) is 5.66. The first-order valence-electron chi connectivity index (χ1n) is 10.5. The number of carbonyl (C=O) groups excluding carboxylic acids is 3. The molecule has 0 atom stereocenters. The van der Waals surface area contributed by atoms with Crippen LogP contribution in [0.2, 0.25) is 0 Å². The number of nitro groups is 1. The highest BCUT2D eigenvalue weighted by atomic mass is 16.6. The number of urea groups is 1. The van der Waals surface area contributed by atoms with Crippen LogP contribution >= 0.6 is 0 Å². The molecular formula is C25H22N4O5. The fourth-order valence-electron chi connectivity index (χ4n) is 4.18. The minimum Gasteiger partial charge on any atom is -0.318 e. The van der Waals surface area contributed by atoms with Crippen molar-refractivity contribution in [2.24, 2.45) is 0 Å². The number of imide groups is 2. The first-order valence-corrected chi connectivity index (χ1v) is 10.5. The Labute approximate surface area is 195 Å². The molecule has 4 rings (SSSR count). The molecule has 1 N–H and O–H groups in total. The van der Waals surface area contributed by atoms with Crippen molar-refractivity contribution in [2.45, 2.75) is 27.7 Å². The normalized spacial score (nSPS) is 15.1. The molecule has 0 bridgehead atoms. The van der Waals surface area contributed by atoms with E-state index in [1.54, 1.807) is 24.3 Å². The Bertz CT molecular complexity index is 1380. The van der Waals surface area contributed by atoms with Gasteiger partial charge in [-0.25, -0.2) is 9.69 Å². The van der Waals surface area contributed by atoms with Gasteiger partial charge < -0.3 is 4.57 Å². The van der Waals surface area contributed by atoms with Gasteiger partial charge in [-0.3, -0.25) is 25.0 Å². The van der Waals surface area contributed by atoms with Crippen LogP contribution in [-0.2, 0) is 9.59 Å². The number of barbiturate groups is 1. The van der Waals surface area contributed by atoms with Crippen molar-refractivity contribution >= 4 is 35.3 Å². The van der Waals surface area contributed by atoms with Gasteiger partial charge in [0.25, 0.3) is 17.5 Å². The summed E-state index contributed by atoms with van der Waals surface area (Å²) in [6.45, 7) is 7.39. The first-order chi connectivity index (χ1) is 16.1. The summed E-state index contributed by atoms with van der Waals surface area (Å²) in [6.07, 6.45) is 1.46. The standard InChI is InChI=1S/C25H22N4O5/c1-14-9-15(2)11-21(10-14)28-24(31)22(23(30)26-25(28)32)13-18-12-16(3)27(17(18)4)19-5-7-20(8-6-19)29(33)34/h5-13H,1-4H3,(H,26,30,32)/b22-13-. The van der Waals surface area contributed by atoms with Crippen molar-refractivity contribution in [3.63, 3.8) is 0 Å². The average molecular weight is 458 g/mol. The summed E-state index contributed by atoms with van der Waals surface area (Å²) in [5.41, 5.74) is 4.82. The second kappa shape index (κ2) is 8.43. The number of hydrogen-bond acceptors (Lipinski definition) is 5. The van der Waals surface area contributed by atoms with Crippen molar-refractivity contribution in [3.8, 4) is 5.69 Å². The largest absolute Gasteiger partial charge is 0.335 e. The molecule has 34 heavy (non-hydrogen) atoms. The quantitative estimate of drug-likeness (QED) is 0.271. The Hall–Kier alpha value is -4.53. The van der Waals surface area contributed by atoms with Gasteiger partial charge in [0.1, 0.15) is 5.57 Å². The maximum absolute atomic E-state index is 13.3. The molecule has 2 heterocycles. The highest BCUT2D eigenvalue weighted by molar-refractivity contribution is 6.39. The zero-order chi connectivity index (χ0) is 24.7. The number of non-ortho nitro benzene ring substituents is 1. The number of anilines is 1. The van der Waals surface area contributed by atoms with Gasteiger partial charge >= 0.3 is 6.03 Å². The molecule has 1 aromatic heterocycles. The van der Waals surface area contributed by atoms with Gasteiger partial charge in [-0.05, 0) is 80.8 Å². The van der Waals surface area contributed by atoms with Crippen LogP contribution in [0.25, 0.3) is 11.8 Å². The topological polar surface area (TPSA) is 115 Å². The number of amides is 4. The summed E-state index contributed by atoms with van der Waals surface area (Å²) in [6, 6.07) is 12.4. The molecule has 4 amide bonds. The smallest absolute Gasteiger partial charge is 0.318 e. The van der Waals surface area contributed by atoms with Crippen LogP contribution in [0.5, 0.6) is 0 Å². The van der Waals surface area contributed by atoms with Gasteiger partial charge in [0.05, 0.1) is 10.6 Å². The van der Waals surface area contributed by atoms with Gasteiger partial charge in [0, 0.05) is 29.2 Å². The summed E-state index contributed by atoms with van der Waals surface area (Å²) in [4.78, 5) is 49.8.